The van der Waals surface area contributed by atoms with Gasteiger partial charge < -0.3 is 10.2 Å². The number of hydrogen-bond acceptors (Lipinski definition) is 2. The maximum absolute atomic E-state index is 11.9. The van der Waals surface area contributed by atoms with Crippen LogP contribution in [0.4, 0.5) is 0 Å². The highest BCUT2D eigenvalue weighted by Crippen LogP contribution is 2.23. The maximum Gasteiger partial charge on any atom is 0.223 e. The molecule has 2 fully saturated rings. The largest absolute Gasteiger partial charge is 0.356 e. The summed E-state index contributed by atoms with van der Waals surface area (Å²) in [5.41, 5.74) is 0. The Bertz CT molecular complexity index is 243. The zero-order valence-electron chi connectivity index (χ0n) is 11.5. The van der Waals surface area contributed by atoms with Gasteiger partial charge in [-0.05, 0) is 51.6 Å². The number of carbonyl (C=O) groups excluding carboxylic acids is 1. The average Bonchev–Trinajstić information content (AvgIpc) is 2.92. The van der Waals surface area contributed by atoms with Gasteiger partial charge in [0, 0.05) is 19.0 Å². The van der Waals surface area contributed by atoms with E-state index in [4.69, 9.17) is 0 Å². The Labute approximate surface area is 111 Å². The summed E-state index contributed by atoms with van der Waals surface area (Å²) in [6.07, 6.45) is 11.9. The van der Waals surface area contributed by atoms with Crippen LogP contribution in [0.3, 0.4) is 0 Å². The van der Waals surface area contributed by atoms with Gasteiger partial charge in [0.2, 0.25) is 5.91 Å². The fourth-order valence-electron chi connectivity index (χ4n) is 3.02. The number of nitrogens with one attached hydrogen (secondary N) is 1. The Morgan fingerprint density at radius 2 is 2.06 bits per heavy atom. The van der Waals surface area contributed by atoms with Crippen LogP contribution in [-0.4, -0.2) is 37.0 Å². The van der Waals surface area contributed by atoms with Crippen LogP contribution in [0, 0.1) is 12.3 Å². The molecule has 1 saturated carbocycles. The van der Waals surface area contributed by atoms with Gasteiger partial charge in [0.15, 0.2) is 0 Å². The summed E-state index contributed by atoms with van der Waals surface area (Å²) in [6, 6.07) is 0. The summed E-state index contributed by atoms with van der Waals surface area (Å²) >= 11 is 0. The molecule has 1 N–H and O–H groups in total. The molecule has 3 nitrogen and oxygen atoms in total. The maximum atomic E-state index is 11.9. The molecule has 0 bridgehead atoms. The smallest absolute Gasteiger partial charge is 0.223 e. The van der Waals surface area contributed by atoms with Gasteiger partial charge in [0.05, 0.1) is 0 Å². The highest BCUT2D eigenvalue weighted by Gasteiger charge is 2.20. The summed E-state index contributed by atoms with van der Waals surface area (Å²) < 4.78 is 0. The fourth-order valence-corrected chi connectivity index (χ4v) is 3.02. The summed E-state index contributed by atoms with van der Waals surface area (Å²) in [5, 5.41) is 3.11. The lowest BCUT2D eigenvalue weighted by molar-refractivity contribution is -0.125. The fraction of sp³-hybridized carbons (Fsp3) is 0.867. The van der Waals surface area contributed by atoms with E-state index in [1.165, 1.54) is 45.2 Å². The van der Waals surface area contributed by atoms with Crippen LogP contribution in [-0.2, 0) is 4.79 Å². The molecule has 18 heavy (non-hydrogen) atoms. The van der Waals surface area contributed by atoms with Crippen LogP contribution in [0.15, 0.2) is 0 Å². The van der Waals surface area contributed by atoms with Crippen LogP contribution >= 0.6 is 0 Å². The standard InChI is InChI=1S/C15H27N2O/c18-15(14-8-2-1-3-9-14)16-10-4-5-11-17-12-6-7-13-17/h6,14H,1-5,7-13H2,(H,16,18). The van der Waals surface area contributed by atoms with Crippen molar-refractivity contribution in [2.75, 3.05) is 26.2 Å². The van der Waals surface area contributed by atoms with Gasteiger partial charge in [0.1, 0.15) is 0 Å². The monoisotopic (exact) mass is 251 g/mol. The summed E-state index contributed by atoms with van der Waals surface area (Å²) in [4.78, 5) is 14.4. The predicted molar refractivity (Wildman–Crippen MR) is 74.2 cm³/mol. The number of likely N-dealkylation sites (tertiary alicyclic amines) is 1. The molecule has 0 spiro atoms. The lowest BCUT2D eigenvalue weighted by Gasteiger charge is -2.20. The second-order valence-corrected chi connectivity index (χ2v) is 5.71. The summed E-state index contributed by atoms with van der Waals surface area (Å²) in [7, 11) is 0. The third-order valence-corrected chi connectivity index (χ3v) is 4.21. The average molecular weight is 251 g/mol. The molecule has 1 aliphatic carbocycles. The highest BCUT2D eigenvalue weighted by molar-refractivity contribution is 5.78. The molecule has 0 aromatic carbocycles. The molecule has 0 aromatic rings. The van der Waals surface area contributed by atoms with Crippen molar-refractivity contribution in [3.8, 4) is 0 Å². The molecule has 1 saturated heterocycles. The zero-order chi connectivity index (χ0) is 12.6. The molecule has 0 aromatic heterocycles. The van der Waals surface area contributed by atoms with E-state index in [0.29, 0.717) is 11.8 Å². The number of nitrogens with zero attached hydrogens (tertiary/aromatic N) is 1. The van der Waals surface area contributed by atoms with E-state index in [9.17, 15) is 4.79 Å². The van der Waals surface area contributed by atoms with Crippen molar-refractivity contribution < 1.29 is 4.79 Å². The second-order valence-electron chi connectivity index (χ2n) is 5.71. The zero-order valence-corrected chi connectivity index (χ0v) is 11.5. The third kappa shape index (κ3) is 4.60. The minimum Gasteiger partial charge on any atom is -0.356 e. The Hall–Kier alpha value is -0.570. The van der Waals surface area contributed by atoms with Crippen LogP contribution < -0.4 is 5.32 Å². The molecule has 1 aliphatic heterocycles. The number of carbonyl (C=O) groups is 1. The first-order valence-electron chi connectivity index (χ1n) is 7.68. The molecule has 1 heterocycles. The van der Waals surface area contributed by atoms with Crippen molar-refractivity contribution in [2.24, 2.45) is 5.92 Å². The van der Waals surface area contributed by atoms with Gasteiger partial charge in [0.25, 0.3) is 0 Å². The van der Waals surface area contributed by atoms with Gasteiger partial charge >= 0.3 is 0 Å². The van der Waals surface area contributed by atoms with Crippen molar-refractivity contribution in [3.63, 3.8) is 0 Å². The Balaban J connectivity index is 1.48. The topological polar surface area (TPSA) is 32.3 Å². The quantitative estimate of drug-likeness (QED) is 0.735. The second kappa shape index (κ2) is 7.78. The van der Waals surface area contributed by atoms with Gasteiger partial charge in [-0.2, -0.15) is 0 Å². The first kappa shape index (κ1) is 13.9. The predicted octanol–water partition coefficient (Wildman–Crippen LogP) is 2.37. The minimum absolute atomic E-state index is 0.309. The van der Waals surface area contributed by atoms with Crippen LogP contribution in [0.1, 0.15) is 51.4 Å². The lowest BCUT2D eigenvalue weighted by atomic mass is 9.89. The van der Waals surface area contributed by atoms with E-state index >= 15 is 0 Å². The molecule has 3 heteroatoms. The van der Waals surface area contributed by atoms with E-state index in [-0.39, 0.29) is 0 Å². The third-order valence-electron chi connectivity index (χ3n) is 4.21. The molecule has 2 rings (SSSR count). The Kier molecular flexibility index (Phi) is 5.98. The number of rotatable bonds is 6. The van der Waals surface area contributed by atoms with Crippen LogP contribution in [0.5, 0.6) is 0 Å². The van der Waals surface area contributed by atoms with E-state index in [2.05, 4.69) is 16.6 Å². The number of amides is 1. The van der Waals surface area contributed by atoms with Crippen molar-refractivity contribution in [1.29, 1.82) is 0 Å². The molecule has 1 amide bonds. The molecular weight excluding hydrogens is 224 g/mol. The summed E-state index contributed by atoms with van der Waals surface area (Å²) in [6.45, 7) is 4.45. The molecular formula is C15H27N2O. The van der Waals surface area contributed by atoms with Gasteiger partial charge in [-0.3, -0.25) is 4.79 Å². The minimum atomic E-state index is 0.309. The Morgan fingerprint density at radius 1 is 1.22 bits per heavy atom. The van der Waals surface area contributed by atoms with Crippen molar-refractivity contribution >= 4 is 5.91 Å². The highest BCUT2D eigenvalue weighted by atomic mass is 16.1. The van der Waals surface area contributed by atoms with E-state index < -0.39 is 0 Å². The molecule has 0 atom stereocenters. The molecule has 2 aliphatic rings. The van der Waals surface area contributed by atoms with Gasteiger partial charge in [-0.15, -0.1) is 0 Å². The van der Waals surface area contributed by atoms with Gasteiger partial charge in [-0.1, -0.05) is 19.3 Å². The number of hydrogen-bond donors (Lipinski definition) is 1. The lowest BCUT2D eigenvalue weighted by Crippen LogP contribution is -2.33. The first-order chi connectivity index (χ1) is 8.86. The molecule has 103 valence electrons. The van der Waals surface area contributed by atoms with E-state index in [0.717, 1.165) is 32.4 Å². The van der Waals surface area contributed by atoms with Crippen molar-refractivity contribution in [1.82, 2.24) is 10.2 Å². The SMILES string of the molecule is O=C(NCCCCN1C[CH]CC1)C1CCCCC1. The number of unbranched alkanes of at least 4 members (excludes halogenated alkanes) is 1. The molecule has 1 radical (unpaired) electrons. The first-order valence-corrected chi connectivity index (χ1v) is 7.68. The van der Waals surface area contributed by atoms with Crippen molar-refractivity contribution in [2.45, 2.75) is 51.4 Å². The van der Waals surface area contributed by atoms with Crippen LogP contribution in [0.25, 0.3) is 0 Å². The van der Waals surface area contributed by atoms with Gasteiger partial charge in [-0.25, -0.2) is 0 Å². The normalized spacial score (nSPS) is 22.2. The molecule has 0 unspecified atom stereocenters. The summed E-state index contributed by atoms with van der Waals surface area (Å²) in [5.74, 6) is 0.621. The van der Waals surface area contributed by atoms with Crippen molar-refractivity contribution in [3.05, 3.63) is 6.42 Å². The van der Waals surface area contributed by atoms with E-state index in [1.54, 1.807) is 0 Å². The Morgan fingerprint density at radius 3 is 2.78 bits per heavy atom. The van der Waals surface area contributed by atoms with E-state index in [1.807, 2.05) is 0 Å². The van der Waals surface area contributed by atoms with Crippen LogP contribution in [0.2, 0.25) is 0 Å².